The van der Waals surface area contributed by atoms with Crippen LogP contribution in [0, 0.1) is 20.8 Å². The summed E-state index contributed by atoms with van der Waals surface area (Å²) < 4.78 is 16.8. The van der Waals surface area contributed by atoms with Gasteiger partial charge in [0.25, 0.3) is 0 Å². The van der Waals surface area contributed by atoms with Gasteiger partial charge in [-0.05, 0) is 37.5 Å². The van der Waals surface area contributed by atoms with Crippen molar-refractivity contribution < 1.29 is 14.2 Å². The van der Waals surface area contributed by atoms with Gasteiger partial charge in [-0.25, -0.2) is 0 Å². The fraction of sp³-hybridized carbons (Fsp3) is 0.368. The molecule has 0 atom stereocenters. The van der Waals surface area contributed by atoms with Gasteiger partial charge in [0.1, 0.15) is 12.4 Å². The fourth-order valence-corrected chi connectivity index (χ4v) is 2.79. The molecule has 0 aliphatic heterocycles. The van der Waals surface area contributed by atoms with Gasteiger partial charge in [-0.1, -0.05) is 42.0 Å². The van der Waals surface area contributed by atoms with E-state index in [4.69, 9.17) is 14.2 Å². The van der Waals surface area contributed by atoms with Gasteiger partial charge in [-0.2, -0.15) is 0 Å². The third-order valence-corrected chi connectivity index (χ3v) is 3.71. The average Bonchev–Trinajstić information content (AvgIpc) is 2.48. The van der Waals surface area contributed by atoms with Gasteiger partial charge >= 0.3 is 0 Å². The van der Waals surface area contributed by atoms with Crippen molar-refractivity contribution in [2.75, 3.05) is 14.2 Å². The van der Waals surface area contributed by atoms with Crippen LogP contribution in [0.5, 0.6) is 5.75 Å². The Morgan fingerprint density at radius 1 is 0.909 bits per heavy atom. The van der Waals surface area contributed by atoms with Crippen molar-refractivity contribution in [1.29, 1.82) is 0 Å². The first kappa shape index (κ1) is 16.5. The van der Waals surface area contributed by atoms with Crippen LogP contribution in [0.25, 0.3) is 0 Å². The Morgan fingerprint density at radius 2 is 1.50 bits per heavy atom. The predicted octanol–water partition coefficient (Wildman–Crippen LogP) is 4.48. The summed E-state index contributed by atoms with van der Waals surface area (Å²) in [6.45, 7) is 6.74. The first-order chi connectivity index (χ1) is 10.6. The van der Waals surface area contributed by atoms with Crippen LogP contribution in [0.3, 0.4) is 0 Å². The van der Waals surface area contributed by atoms with Crippen molar-refractivity contribution in [2.45, 2.75) is 33.7 Å². The number of aryl methyl sites for hydroxylation is 3. The highest BCUT2D eigenvalue weighted by atomic mass is 16.7. The van der Waals surface area contributed by atoms with E-state index in [1.54, 1.807) is 14.2 Å². The molecule has 2 aromatic carbocycles. The second kappa shape index (κ2) is 7.43. The first-order valence-electron chi connectivity index (χ1n) is 7.40. The van der Waals surface area contributed by atoms with Gasteiger partial charge < -0.3 is 14.2 Å². The quantitative estimate of drug-likeness (QED) is 0.736. The van der Waals surface area contributed by atoms with Crippen LogP contribution in [-0.4, -0.2) is 14.2 Å². The molecule has 22 heavy (non-hydrogen) atoms. The molecular formula is C19H24O3. The Hall–Kier alpha value is -1.84. The molecular weight excluding hydrogens is 276 g/mol. The third-order valence-electron chi connectivity index (χ3n) is 3.71. The summed E-state index contributed by atoms with van der Waals surface area (Å²) >= 11 is 0. The van der Waals surface area contributed by atoms with Gasteiger partial charge in [0.15, 0.2) is 6.29 Å². The zero-order chi connectivity index (χ0) is 16.1. The normalized spacial score (nSPS) is 11.0. The molecule has 3 nitrogen and oxygen atoms in total. The maximum atomic E-state index is 6.08. The number of benzene rings is 2. The minimum absolute atomic E-state index is 0.375. The van der Waals surface area contributed by atoms with E-state index in [0.29, 0.717) is 6.61 Å². The number of hydrogen-bond acceptors (Lipinski definition) is 3. The average molecular weight is 300 g/mol. The van der Waals surface area contributed by atoms with Gasteiger partial charge in [0.05, 0.1) is 0 Å². The summed E-state index contributed by atoms with van der Waals surface area (Å²) in [5, 5.41) is 0. The molecule has 2 rings (SSSR count). The first-order valence-corrected chi connectivity index (χ1v) is 7.40. The van der Waals surface area contributed by atoms with Gasteiger partial charge in [-0.3, -0.25) is 0 Å². The zero-order valence-corrected chi connectivity index (χ0v) is 14.0. The minimum atomic E-state index is -0.375. The highest BCUT2D eigenvalue weighted by Crippen LogP contribution is 2.27. The minimum Gasteiger partial charge on any atom is -0.488 e. The zero-order valence-electron chi connectivity index (χ0n) is 14.0. The van der Waals surface area contributed by atoms with Crippen LogP contribution >= 0.6 is 0 Å². The summed E-state index contributed by atoms with van der Waals surface area (Å²) in [5.41, 5.74) is 5.63. The third kappa shape index (κ3) is 3.67. The van der Waals surface area contributed by atoms with Crippen LogP contribution in [0.1, 0.15) is 34.1 Å². The molecule has 0 fully saturated rings. The highest BCUT2D eigenvalue weighted by Gasteiger charge is 2.14. The van der Waals surface area contributed by atoms with E-state index in [9.17, 15) is 0 Å². The second-order valence-corrected chi connectivity index (χ2v) is 5.52. The van der Waals surface area contributed by atoms with Crippen molar-refractivity contribution in [1.82, 2.24) is 0 Å². The fourth-order valence-electron chi connectivity index (χ4n) is 2.79. The summed E-state index contributed by atoms with van der Waals surface area (Å²) in [4.78, 5) is 0. The maximum absolute atomic E-state index is 6.08. The lowest BCUT2D eigenvalue weighted by molar-refractivity contribution is -0.106. The van der Waals surface area contributed by atoms with Crippen molar-refractivity contribution in [3.63, 3.8) is 0 Å². The van der Waals surface area contributed by atoms with Crippen LogP contribution in [0.2, 0.25) is 0 Å². The molecule has 0 amide bonds. The SMILES string of the molecule is COC(OC)c1ccccc1COc1c(C)cc(C)cc1C. The highest BCUT2D eigenvalue weighted by molar-refractivity contribution is 5.43. The Morgan fingerprint density at radius 3 is 2.09 bits per heavy atom. The molecule has 0 radical (unpaired) electrons. The van der Waals surface area contributed by atoms with Crippen LogP contribution in [0.15, 0.2) is 36.4 Å². The topological polar surface area (TPSA) is 27.7 Å². The summed E-state index contributed by atoms with van der Waals surface area (Å²) in [7, 11) is 3.28. The van der Waals surface area contributed by atoms with Gasteiger partial charge in [0.2, 0.25) is 0 Å². The van der Waals surface area contributed by atoms with E-state index in [1.165, 1.54) is 5.56 Å². The van der Waals surface area contributed by atoms with Crippen molar-refractivity contribution >= 4 is 0 Å². The van der Waals surface area contributed by atoms with E-state index >= 15 is 0 Å². The van der Waals surface area contributed by atoms with E-state index in [0.717, 1.165) is 28.0 Å². The number of rotatable bonds is 6. The van der Waals surface area contributed by atoms with Crippen molar-refractivity contribution in [3.8, 4) is 5.75 Å². The van der Waals surface area contributed by atoms with Crippen LogP contribution in [0.4, 0.5) is 0 Å². The summed E-state index contributed by atoms with van der Waals surface area (Å²) in [6.07, 6.45) is -0.375. The molecule has 0 saturated heterocycles. The molecule has 0 spiro atoms. The maximum Gasteiger partial charge on any atom is 0.183 e. The number of hydrogen-bond donors (Lipinski definition) is 0. The number of ether oxygens (including phenoxy) is 3. The molecule has 2 aromatic rings. The molecule has 0 bridgehead atoms. The molecule has 0 aromatic heterocycles. The number of methoxy groups -OCH3 is 2. The van der Waals surface area contributed by atoms with Crippen molar-refractivity contribution in [2.24, 2.45) is 0 Å². The summed E-state index contributed by atoms with van der Waals surface area (Å²) in [5.74, 6) is 0.951. The van der Waals surface area contributed by atoms with Crippen LogP contribution in [-0.2, 0) is 16.1 Å². The molecule has 3 heteroatoms. The molecule has 0 saturated carbocycles. The molecule has 0 aliphatic rings. The molecule has 0 unspecified atom stereocenters. The molecule has 0 N–H and O–H groups in total. The van der Waals surface area contributed by atoms with Gasteiger partial charge in [0, 0.05) is 19.8 Å². The lowest BCUT2D eigenvalue weighted by Crippen LogP contribution is -2.09. The lowest BCUT2D eigenvalue weighted by Gasteiger charge is -2.19. The monoisotopic (exact) mass is 300 g/mol. The second-order valence-electron chi connectivity index (χ2n) is 5.52. The standard InChI is InChI=1S/C19H24O3/c1-13-10-14(2)18(15(3)11-13)22-12-16-8-6-7-9-17(16)19(20-4)21-5/h6-11,19H,12H2,1-5H3. The van der Waals surface area contributed by atoms with E-state index < -0.39 is 0 Å². The lowest BCUT2D eigenvalue weighted by atomic mass is 10.1. The van der Waals surface area contributed by atoms with Crippen LogP contribution < -0.4 is 4.74 Å². The Kier molecular flexibility index (Phi) is 5.58. The molecule has 118 valence electrons. The molecule has 0 heterocycles. The Balaban J connectivity index is 2.23. The predicted molar refractivity (Wildman–Crippen MR) is 88.2 cm³/mol. The Bertz CT molecular complexity index is 607. The largest absolute Gasteiger partial charge is 0.488 e. The van der Waals surface area contributed by atoms with Crippen molar-refractivity contribution in [3.05, 3.63) is 64.2 Å². The van der Waals surface area contributed by atoms with Gasteiger partial charge in [-0.15, -0.1) is 0 Å². The smallest absolute Gasteiger partial charge is 0.183 e. The van der Waals surface area contributed by atoms with E-state index in [1.807, 2.05) is 24.3 Å². The van der Waals surface area contributed by atoms with E-state index in [-0.39, 0.29) is 6.29 Å². The van der Waals surface area contributed by atoms with E-state index in [2.05, 4.69) is 32.9 Å². The summed E-state index contributed by atoms with van der Waals surface area (Å²) in [6, 6.07) is 12.3. The Labute approximate surface area is 132 Å². The molecule has 0 aliphatic carbocycles.